The Hall–Kier alpha value is -2.05. The van der Waals surface area contributed by atoms with Crippen LogP contribution in [0.4, 0.5) is 11.6 Å². The van der Waals surface area contributed by atoms with Gasteiger partial charge in [0.15, 0.2) is 0 Å². The van der Waals surface area contributed by atoms with Gasteiger partial charge in [-0.2, -0.15) is 0 Å². The molecule has 1 aliphatic heterocycles. The van der Waals surface area contributed by atoms with E-state index in [0.29, 0.717) is 23.7 Å². The lowest BCUT2D eigenvalue weighted by atomic mass is 9.92. The van der Waals surface area contributed by atoms with E-state index >= 15 is 0 Å². The lowest BCUT2D eigenvalue weighted by Crippen LogP contribution is -2.43. The number of anilines is 2. The second-order valence-corrected chi connectivity index (χ2v) is 8.14. The predicted molar refractivity (Wildman–Crippen MR) is 102 cm³/mol. The van der Waals surface area contributed by atoms with Gasteiger partial charge in [0, 0.05) is 22.2 Å². The number of nitrogens with zero attached hydrogens (tertiary/aromatic N) is 2. The fraction of sp³-hybridized carbons (Fsp3) is 0.474. The SMILES string of the molecule is Cc1ccc(N2C(O)CCC2C(=O)Nc2cc(C(C)(C)C)no2)cc1Cl. The molecule has 6 nitrogen and oxygen atoms in total. The number of aromatic nitrogens is 1. The van der Waals surface area contributed by atoms with Gasteiger partial charge in [0.1, 0.15) is 12.3 Å². The number of carbonyl (C=O) groups is 1. The maximum atomic E-state index is 12.8. The van der Waals surface area contributed by atoms with Gasteiger partial charge in [-0.1, -0.05) is 43.6 Å². The Kier molecular flexibility index (Phi) is 4.99. The van der Waals surface area contributed by atoms with Crippen LogP contribution in [0.3, 0.4) is 0 Å². The monoisotopic (exact) mass is 377 g/mol. The first-order valence-electron chi connectivity index (χ1n) is 8.67. The highest BCUT2D eigenvalue weighted by Gasteiger charge is 2.37. The summed E-state index contributed by atoms with van der Waals surface area (Å²) in [5.41, 5.74) is 2.27. The molecule has 0 bridgehead atoms. The molecule has 140 valence electrons. The van der Waals surface area contributed by atoms with Gasteiger partial charge < -0.3 is 14.5 Å². The van der Waals surface area contributed by atoms with Crippen molar-refractivity contribution in [2.24, 2.45) is 0 Å². The molecule has 1 fully saturated rings. The molecular formula is C19H24ClN3O3. The molecule has 7 heteroatoms. The molecule has 0 aliphatic carbocycles. The highest BCUT2D eigenvalue weighted by Crippen LogP contribution is 2.33. The topological polar surface area (TPSA) is 78.6 Å². The van der Waals surface area contributed by atoms with E-state index in [9.17, 15) is 9.90 Å². The van der Waals surface area contributed by atoms with Crippen LogP contribution in [-0.2, 0) is 10.2 Å². The number of aryl methyl sites for hydroxylation is 1. The Morgan fingerprint density at radius 2 is 2.08 bits per heavy atom. The summed E-state index contributed by atoms with van der Waals surface area (Å²) in [7, 11) is 0. The standard InChI is InChI=1S/C19H24ClN3O3/c1-11-5-6-12(9-13(11)20)23-14(7-8-17(23)24)18(25)21-16-10-15(22-26-16)19(2,3)4/h5-6,9-10,14,17,24H,7-8H2,1-4H3,(H,21,25). The molecule has 0 radical (unpaired) electrons. The van der Waals surface area contributed by atoms with Crippen LogP contribution < -0.4 is 10.2 Å². The maximum Gasteiger partial charge on any atom is 0.249 e. The van der Waals surface area contributed by atoms with Crippen molar-refractivity contribution >= 4 is 29.1 Å². The second-order valence-electron chi connectivity index (χ2n) is 7.73. The minimum absolute atomic E-state index is 0.166. The molecule has 2 unspecified atom stereocenters. The highest BCUT2D eigenvalue weighted by molar-refractivity contribution is 6.31. The minimum atomic E-state index is -0.732. The fourth-order valence-electron chi connectivity index (χ4n) is 3.04. The van der Waals surface area contributed by atoms with Crippen molar-refractivity contribution in [2.45, 2.75) is 58.2 Å². The van der Waals surface area contributed by atoms with Gasteiger partial charge in [-0.3, -0.25) is 10.1 Å². The Morgan fingerprint density at radius 3 is 2.69 bits per heavy atom. The number of aliphatic hydroxyl groups is 1. The maximum absolute atomic E-state index is 12.8. The Labute approximate surface area is 158 Å². The smallest absolute Gasteiger partial charge is 0.249 e. The number of rotatable bonds is 3. The van der Waals surface area contributed by atoms with Gasteiger partial charge in [0.2, 0.25) is 11.8 Å². The lowest BCUT2D eigenvalue weighted by Gasteiger charge is -2.29. The van der Waals surface area contributed by atoms with Crippen molar-refractivity contribution in [2.75, 3.05) is 10.2 Å². The molecular weight excluding hydrogens is 354 g/mol. The Morgan fingerprint density at radius 1 is 1.35 bits per heavy atom. The van der Waals surface area contributed by atoms with Crippen molar-refractivity contribution < 1.29 is 14.4 Å². The van der Waals surface area contributed by atoms with Crippen LogP contribution in [-0.4, -0.2) is 28.4 Å². The van der Waals surface area contributed by atoms with E-state index in [1.54, 1.807) is 17.0 Å². The van der Waals surface area contributed by atoms with E-state index in [4.69, 9.17) is 16.1 Å². The van der Waals surface area contributed by atoms with E-state index < -0.39 is 12.3 Å². The van der Waals surface area contributed by atoms with Crippen LogP contribution in [0.25, 0.3) is 0 Å². The Balaban J connectivity index is 1.79. The third-order valence-corrected chi connectivity index (χ3v) is 5.04. The lowest BCUT2D eigenvalue weighted by molar-refractivity contribution is -0.117. The summed E-state index contributed by atoms with van der Waals surface area (Å²) in [6.45, 7) is 7.97. The predicted octanol–water partition coefficient (Wildman–Crippen LogP) is 3.86. The number of halogens is 1. The van der Waals surface area contributed by atoms with E-state index in [-0.39, 0.29) is 11.3 Å². The average Bonchev–Trinajstić information content (AvgIpc) is 3.16. The van der Waals surface area contributed by atoms with Gasteiger partial charge in [-0.25, -0.2) is 0 Å². The first-order valence-corrected chi connectivity index (χ1v) is 9.05. The molecule has 0 saturated carbocycles. The molecule has 1 aromatic carbocycles. The van der Waals surface area contributed by atoms with E-state index in [1.807, 2.05) is 39.8 Å². The van der Waals surface area contributed by atoms with Gasteiger partial charge in [-0.05, 0) is 37.5 Å². The zero-order valence-electron chi connectivity index (χ0n) is 15.4. The third kappa shape index (κ3) is 3.71. The van der Waals surface area contributed by atoms with Crippen molar-refractivity contribution in [3.8, 4) is 0 Å². The van der Waals surface area contributed by atoms with Crippen molar-refractivity contribution in [3.63, 3.8) is 0 Å². The summed E-state index contributed by atoms with van der Waals surface area (Å²) in [6.07, 6.45) is 0.316. The zero-order valence-corrected chi connectivity index (χ0v) is 16.2. The number of nitrogens with one attached hydrogen (secondary N) is 1. The molecule has 2 atom stereocenters. The number of hydrogen-bond donors (Lipinski definition) is 2. The van der Waals surface area contributed by atoms with Gasteiger partial charge in [0.25, 0.3) is 0 Å². The van der Waals surface area contributed by atoms with E-state index in [0.717, 1.165) is 16.9 Å². The van der Waals surface area contributed by atoms with Crippen LogP contribution in [0, 0.1) is 6.92 Å². The largest absolute Gasteiger partial charge is 0.374 e. The van der Waals surface area contributed by atoms with Crippen LogP contribution in [0.5, 0.6) is 0 Å². The molecule has 1 saturated heterocycles. The minimum Gasteiger partial charge on any atom is -0.374 e. The average molecular weight is 378 g/mol. The zero-order chi connectivity index (χ0) is 19.1. The molecule has 2 N–H and O–H groups in total. The fourth-order valence-corrected chi connectivity index (χ4v) is 3.21. The number of benzene rings is 1. The van der Waals surface area contributed by atoms with E-state index in [1.165, 1.54) is 0 Å². The summed E-state index contributed by atoms with van der Waals surface area (Å²) in [5, 5.41) is 17.7. The summed E-state index contributed by atoms with van der Waals surface area (Å²) >= 11 is 6.21. The molecule has 1 aromatic heterocycles. The first-order chi connectivity index (χ1) is 12.2. The van der Waals surface area contributed by atoms with Gasteiger partial charge in [0.05, 0.1) is 5.69 Å². The molecule has 2 aromatic rings. The first kappa shape index (κ1) is 18.7. The van der Waals surface area contributed by atoms with Crippen molar-refractivity contribution in [1.29, 1.82) is 0 Å². The number of hydrogen-bond acceptors (Lipinski definition) is 5. The normalized spacial score (nSPS) is 20.5. The number of amides is 1. The van der Waals surface area contributed by atoms with Gasteiger partial charge >= 0.3 is 0 Å². The van der Waals surface area contributed by atoms with E-state index in [2.05, 4.69) is 10.5 Å². The van der Waals surface area contributed by atoms with Crippen LogP contribution in [0.1, 0.15) is 44.9 Å². The van der Waals surface area contributed by atoms with Crippen molar-refractivity contribution in [3.05, 3.63) is 40.5 Å². The molecule has 1 aliphatic rings. The number of carbonyl (C=O) groups excluding carboxylic acids is 1. The summed E-state index contributed by atoms with van der Waals surface area (Å²) in [4.78, 5) is 14.5. The number of aliphatic hydroxyl groups excluding tert-OH is 1. The molecule has 3 rings (SSSR count). The Bertz CT molecular complexity index is 813. The molecule has 2 heterocycles. The van der Waals surface area contributed by atoms with Crippen LogP contribution in [0.15, 0.2) is 28.8 Å². The summed E-state index contributed by atoms with van der Waals surface area (Å²) < 4.78 is 5.24. The summed E-state index contributed by atoms with van der Waals surface area (Å²) in [5.74, 6) is 0.0676. The van der Waals surface area contributed by atoms with Crippen molar-refractivity contribution in [1.82, 2.24) is 5.16 Å². The van der Waals surface area contributed by atoms with Crippen LogP contribution in [0.2, 0.25) is 5.02 Å². The quantitative estimate of drug-likeness (QED) is 0.849. The van der Waals surface area contributed by atoms with Crippen LogP contribution >= 0.6 is 11.6 Å². The third-order valence-electron chi connectivity index (χ3n) is 4.64. The highest BCUT2D eigenvalue weighted by atomic mass is 35.5. The van der Waals surface area contributed by atoms with Gasteiger partial charge in [-0.15, -0.1) is 0 Å². The summed E-state index contributed by atoms with van der Waals surface area (Å²) in [6, 6.07) is 6.74. The molecule has 1 amide bonds. The molecule has 0 spiro atoms. The molecule has 26 heavy (non-hydrogen) atoms. The second kappa shape index (κ2) is 6.93.